The maximum atomic E-state index is 13.8. The van der Waals surface area contributed by atoms with Crippen LogP contribution < -0.4 is 43.8 Å². The molecule has 270 valence electrons. The molecule has 1 aliphatic rings. The molecule has 16 heteroatoms. The van der Waals surface area contributed by atoms with Gasteiger partial charge in [0, 0.05) is 25.8 Å². The average molecular weight is 702 g/mol. The molecule has 12 N–H and O–H groups in total. The lowest BCUT2D eigenvalue weighted by Crippen LogP contribution is -2.58. The van der Waals surface area contributed by atoms with Crippen molar-refractivity contribution in [2.75, 3.05) is 13.1 Å². The van der Waals surface area contributed by atoms with E-state index >= 15 is 0 Å². The number of nitrogens with one attached hydrogen (secondary N) is 5. The number of carbonyl (C=O) groups is 6. The summed E-state index contributed by atoms with van der Waals surface area (Å²) in [5.41, 5.74) is 17.5. The Morgan fingerprint density at radius 2 is 1.25 bits per heavy atom. The molecule has 4 atom stereocenters. The van der Waals surface area contributed by atoms with Crippen LogP contribution in [0.5, 0.6) is 5.75 Å². The summed E-state index contributed by atoms with van der Waals surface area (Å²) in [6.45, 7) is -0.399. The van der Waals surface area contributed by atoms with Crippen molar-refractivity contribution in [1.29, 1.82) is 0 Å². The normalized spacial score (nSPS) is 20.4. The number of benzene rings is 3. The second kappa shape index (κ2) is 18.0. The summed E-state index contributed by atoms with van der Waals surface area (Å²) < 4.78 is 0. The van der Waals surface area contributed by atoms with E-state index in [0.717, 1.165) is 16.3 Å². The number of nitrogens with two attached hydrogens (primary N) is 3. The molecule has 0 unspecified atom stereocenters. The number of primary amides is 1. The molecule has 1 fully saturated rings. The smallest absolute Gasteiger partial charge is 0.243 e. The Morgan fingerprint density at radius 3 is 1.92 bits per heavy atom. The fourth-order valence-corrected chi connectivity index (χ4v) is 5.57. The van der Waals surface area contributed by atoms with Crippen LogP contribution in [0.4, 0.5) is 0 Å². The predicted molar refractivity (Wildman–Crippen MR) is 189 cm³/mol. The van der Waals surface area contributed by atoms with Crippen LogP contribution >= 0.6 is 0 Å². The Bertz CT molecular complexity index is 1780. The van der Waals surface area contributed by atoms with Crippen LogP contribution in [0.3, 0.4) is 0 Å². The molecule has 0 aromatic heterocycles. The topological polar surface area (TPSA) is 273 Å². The highest BCUT2D eigenvalue weighted by Crippen LogP contribution is 2.17. The minimum Gasteiger partial charge on any atom is -0.508 e. The molecule has 0 bridgehead atoms. The van der Waals surface area contributed by atoms with E-state index in [9.17, 15) is 33.9 Å². The highest BCUT2D eigenvalue weighted by molar-refractivity contribution is 5.97. The number of rotatable bonds is 11. The highest BCUT2D eigenvalue weighted by atomic mass is 16.3. The molecule has 51 heavy (non-hydrogen) atoms. The van der Waals surface area contributed by atoms with Crippen molar-refractivity contribution in [2.45, 2.75) is 62.7 Å². The molecule has 0 aliphatic carbocycles. The van der Waals surface area contributed by atoms with Crippen molar-refractivity contribution in [3.63, 3.8) is 0 Å². The number of guanidine groups is 1. The number of nitrogens with zero attached hydrogens (tertiary/aromatic N) is 1. The maximum absolute atomic E-state index is 13.8. The predicted octanol–water partition coefficient (Wildman–Crippen LogP) is -1.28. The molecular formula is C35H43N9O7. The lowest BCUT2D eigenvalue weighted by Gasteiger charge is -2.26. The number of fused-ring (bicyclic) bond motifs is 1. The van der Waals surface area contributed by atoms with Crippen LogP contribution in [0.2, 0.25) is 0 Å². The summed E-state index contributed by atoms with van der Waals surface area (Å²) >= 11 is 0. The van der Waals surface area contributed by atoms with Crippen molar-refractivity contribution in [1.82, 2.24) is 26.6 Å². The number of aliphatic imine (C=N–C) groups is 1. The molecule has 3 aromatic rings. The first-order valence-electron chi connectivity index (χ1n) is 16.5. The third-order valence-corrected chi connectivity index (χ3v) is 8.23. The quantitative estimate of drug-likeness (QED) is 0.0653. The van der Waals surface area contributed by atoms with Crippen molar-refractivity contribution in [2.24, 2.45) is 22.2 Å². The molecule has 1 saturated heterocycles. The monoisotopic (exact) mass is 701 g/mol. The number of phenolic OH excluding ortho intramolecular Hbond substituents is 1. The lowest BCUT2D eigenvalue weighted by atomic mass is 10.0. The van der Waals surface area contributed by atoms with E-state index in [4.69, 9.17) is 17.2 Å². The molecule has 0 spiro atoms. The van der Waals surface area contributed by atoms with Crippen molar-refractivity contribution in [3.8, 4) is 5.75 Å². The van der Waals surface area contributed by atoms with Crippen LogP contribution in [0, 0.1) is 0 Å². The summed E-state index contributed by atoms with van der Waals surface area (Å²) in [5, 5.41) is 24.7. The molecule has 0 radical (unpaired) electrons. The Kier molecular flexibility index (Phi) is 13.3. The van der Waals surface area contributed by atoms with E-state index in [1.54, 1.807) is 12.1 Å². The average Bonchev–Trinajstić information content (AvgIpc) is 3.09. The largest absolute Gasteiger partial charge is 0.508 e. The highest BCUT2D eigenvalue weighted by Gasteiger charge is 2.32. The van der Waals surface area contributed by atoms with Gasteiger partial charge in [0.25, 0.3) is 0 Å². The van der Waals surface area contributed by atoms with Crippen LogP contribution in [0.1, 0.15) is 36.8 Å². The standard InChI is InChI=1S/C35H43N9O7/c36-29(46)14-13-26-33(50)42-25(6-3-15-39-35(37)38)32(49)44-27(18-21-7-10-22-4-1-2-5-23(22)16-21)31(48)40-19-30(47)41-28(34(51)43-26)17-20-8-11-24(45)12-9-20/h1-2,4-5,7-12,16,25-28,45H,3,6,13-15,17-19H2,(H2,36,46)(H,40,48)(H,41,47)(H,42,50)(H,43,51)(H,44,49)(H4,37,38,39)/t25-,26-,27-,28+/m0/s1. The van der Waals surface area contributed by atoms with E-state index in [1.807, 2.05) is 42.5 Å². The zero-order chi connectivity index (χ0) is 36.9. The second-order valence-corrected chi connectivity index (χ2v) is 12.2. The first-order valence-corrected chi connectivity index (χ1v) is 16.5. The lowest BCUT2D eigenvalue weighted by molar-refractivity contribution is -0.134. The van der Waals surface area contributed by atoms with Gasteiger partial charge in [0.2, 0.25) is 35.4 Å². The minimum absolute atomic E-state index is 0.00513. The third-order valence-electron chi connectivity index (χ3n) is 8.23. The van der Waals surface area contributed by atoms with Gasteiger partial charge in [-0.3, -0.25) is 33.8 Å². The summed E-state index contributed by atoms with van der Waals surface area (Å²) in [4.78, 5) is 83.5. The SMILES string of the molecule is NC(=O)CC[C@@H]1NC(=O)[C@@H](Cc2ccc(O)cc2)NC(=O)CNC(=O)[C@H](Cc2ccc3ccccc3c2)NC(=O)[C@H](CCCN=C(N)N)NC1=O. The summed E-state index contributed by atoms with van der Waals surface area (Å²) in [6, 6.07) is 14.2. The van der Waals surface area contributed by atoms with E-state index in [1.165, 1.54) is 12.1 Å². The number of amides is 6. The molecule has 1 heterocycles. The minimum atomic E-state index is -1.34. The van der Waals surface area contributed by atoms with Crippen molar-refractivity contribution in [3.05, 3.63) is 77.9 Å². The number of hydrogen-bond acceptors (Lipinski definition) is 8. The van der Waals surface area contributed by atoms with E-state index in [0.29, 0.717) is 5.56 Å². The van der Waals surface area contributed by atoms with Crippen molar-refractivity contribution < 1.29 is 33.9 Å². The van der Waals surface area contributed by atoms with Gasteiger partial charge in [-0.25, -0.2) is 0 Å². The van der Waals surface area contributed by atoms with Crippen LogP contribution in [-0.4, -0.2) is 83.8 Å². The van der Waals surface area contributed by atoms with Gasteiger partial charge in [-0.1, -0.05) is 54.6 Å². The van der Waals surface area contributed by atoms with Gasteiger partial charge in [0.05, 0.1) is 6.54 Å². The number of hydrogen-bond donors (Lipinski definition) is 9. The van der Waals surface area contributed by atoms with Gasteiger partial charge < -0.3 is 48.9 Å². The number of carbonyl (C=O) groups excluding carboxylic acids is 6. The zero-order valence-corrected chi connectivity index (χ0v) is 27.9. The van der Waals surface area contributed by atoms with E-state index < -0.39 is 66.2 Å². The Labute approximate surface area is 294 Å². The summed E-state index contributed by atoms with van der Waals surface area (Å²) in [5.74, 6) is -4.56. The van der Waals surface area contributed by atoms with Gasteiger partial charge in [-0.15, -0.1) is 0 Å². The summed E-state index contributed by atoms with van der Waals surface area (Å²) in [6.07, 6.45) is -0.194. The first kappa shape index (κ1) is 37.6. The van der Waals surface area contributed by atoms with E-state index in [2.05, 4.69) is 31.6 Å². The molecule has 4 rings (SSSR count). The van der Waals surface area contributed by atoms with Crippen LogP contribution in [0.25, 0.3) is 10.8 Å². The van der Waals surface area contributed by atoms with Gasteiger partial charge in [0.1, 0.15) is 29.9 Å². The Hall–Kier alpha value is -6.19. The fraction of sp³-hybridized carbons (Fsp3) is 0.343. The number of phenols is 1. The zero-order valence-electron chi connectivity index (χ0n) is 27.9. The molecule has 16 nitrogen and oxygen atoms in total. The Balaban J connectivity index is 1.68. The van der Waals surface area contributed by atoms with Gasteiger partial charge >= 0.3 is 0 Å². The van der Waals surface area contributed by atoms with Crippen LogP contribution in [-0.2, 0) is 41.6 Å². The van der Waals surface area contributed by atoms with E-state index in [-0.39, 0.29) is 56.8 Å². The van der Waals surface area contributed by atoms with Gasteiger partial charge in [-0.05, 0) is 53.3 Å². The molecule has 3 aromatic carbocycles. The molecule has 6 amide bonds. The second-order valence-electron chi connectivity index (χ2n) is 12.2. The van der Waals surface area contributed by atoms with Crippen molar-refractivity contribution >= 4 is 52.2 Å². The van der Waals surface area contributed by atoms with Gasteiger partial charge in [0.15, 0.2) is 5.96 Å². The van der Waals surface area contributed by atoms with Crippen LogP contribution in [0.15, 0.2) is 71.7 Å². The first-order chi connectivity index (χ1) is 24.4. The Morgan fingerprint density at radius 1 is 0.686 bits per heavy atom. The third kappa shape index (κ3) is 11.7. The van der Waals surface area contributed by atoms with Gasteiger partial charge in [-0.2, -0.15) is 0 Å². The molecular weight excluding hydrogens is 658 g/mol. The molecule has 0 saturated carbocycles. The fourth-order valence-electron chi connectivity index (χ4n) is 5.57. The maximum Gasteiger partial charge on any atom is 0.243 e. The molecule has 1 aliphatic heterocycles. The summed E-state index contributed by atoms with van der Waals surface area (Å²) in [7, 11) is 0. The number of aromatic hydroxyl groups is 1.